The number of hydrogen-bond acceptors (Lipinski definition) is 8. The van der Waals surface area contributed by atoms with Crippen molar-refractivity contribution >= 4 is 17.4 Å². The van der Waals surface area contributed by atoms with Gasteiger partial charge in [-0.1, -0.05) is 0 Å². The Hall–Kier alpha value is -2.65. The lowest BCUT2D eigenvalue weighted by Gasteiger charge is -2.37. The van der Waals surface area contributed by atoms with Crippen LogP contribution in [0.2, 0.25) is 0 Å². The lowest BCUT2D eigenvalue weighted by atomic mass is 10.1. The summed E-state index contributed by atoms with van der Waals surface area (Å²) in [4.78, 5) is 13.6. The number of fused-ring (bicyclic) bond motifs is 2. The lowest BCUT2D eigenvalue weighted by Crippen LogP contribution is -2.50. The molecule has 9 nitrogen and oxygen atoms in total. The van der Waals surface area contributed by atoms with Gasteiger partial charge in [-0.05, 0) is 18.6 Å². The average molecular weight is 341 g/mol. The van der Waals surface area contributed by atoms with Crippen LogP contribution in [0, 0.1) is 0 Å². The van der Waals surface area contributed by atoms with Gasteiger partial charge >= 0.3 is 0 Å². The van der Waals surface area contributed by atoms with E-state index in [1.807, 2.05) is 12.1 Å². The maximum absolute atomic E-state index is 9.87. The van der Waals surface area contributed by atoms with Crippen molar-refractivity contribution in [2.75, 3.05) is 36.8 Å². The van der Waals surface area contributed by atoms with Crippen LogP contribution in [0.4, 0.5) is 11.8 Å². The van der Waals surface area contributed by atoms with E-state index in [1.165, 1.54) is 4.52 Å². The quantitative estimate of drug-likeness (QED) is 0.681. The molecule has 0 spiro atoms. The molecule has 5 rings (SSSR count). The van der Waals surface area contributed by atoms with Crippen molar-refractivity contribution in [2.45, 2.75) is 18.6 Å². The van der Waals surface area contributed by atoms with Crippen LogP contribution in [0.25, 0.3) is 17.2 Å². The number of furan rings is 1. The van der Waals surface area contributed by atoms with Crippen LogP contribution in [0.5, 0.6) is 0 Å². The van der Waals surface area contributed by atoms with Gasteiger partial charge in [-0.2, -0.15) is 9.50 Å². The minimum absolute atomic E-state index is 0.224. The highest BCUT2D eigenvalue weighted by Gasteiger charge is 2.35. The monoisotopic (exact) mass is 341 g/mol. The Balaban J connectivity index is 1.48. The Kier molecular flexibility index (Phi) is 3.19. The van der Waals surface area contributed by atoms with E-state index in [-0.39, 0.29) is 6.10 Å². The first-order chi connectivity index (χ1) is 12.2. The predicted octanol–water partition coefficient (Wildman–Crippen LogP) is 0.222. The van der Waals surface area contributed by atoms with E-state index in [0.29, 0.717) is 29.2 Å². The number of nitrogens with zero attached hydrogens (tertiary/aromatic N) is 6. The SMILES string of the molecule is Nc1nc(N2CCN3C[C@H](O)C[C@H]3C2)cc2nc(-c3ccco3)nn12. The van der Waals surface area contributed by atoms with Crippen LogP contribution in [-0.2, 0) is 0 Å². The summed E-state index contributed by atoms with van der Waals surface area (Å²) in [7, 11) is 0. The molecule has 3 aromatic rings. The fourth-order valence-corrected chi connectivity index (χ4v) is 3.80. The summed E-state index contributed by atoms with van der Waals surface area (Å²) < 4.78 is 6.88. The normalized spacial score (nSPS) is 24.1. The van der Waals surface area contributed by atoms with Gasteiger partial charge in [0.15, 0.2) is 11.4 Å². The second-order valence-corrected chi connectivity index (χ2v) is 6.64. The number of anilines is 2. The van der Waals surface area contributed by atoms with Gasteiger partial charge in [0.2, 0.25) is 11.8 Å². The largest absolute Gasteiger partial charge is 0.461 e. The molecule has 2 fully saturated rings. The number of nitrogen functional groups attached to an aromatic ring is 1. The maximum Gasteiger partial charge on any atom is 0.225 e. The lowest BCUT2D eigenvalue weighted by molar-refractivity contribution is 0.173. The van der Waals surface area contributed by atoms with Gasteiger partial charge in [0.05, 0.1) is 12.4 Å². The molecule has 0 unspecified atom stereocenters. The molecule has 2 atom stereocenters. The number of hydrogen-bond donors (Lipinski definition) is 2. The molecule has 2 aliphatic rings. The van der Waals surface area contributed by atoms with Crippen molar-refractivity contribution in [1.82, 2.24) is 24.5 Å². The molecule has 2 aliphatic heterocycles. The Bertz CT molecular complexity index is 907. The Morgan fingerprint density at radius 3 is 3.00 bits per heavy atom. The summed E-state index contributed by atoms with van der Waals surface area (Å²) in [6, 6.07) is 5.86. The number of aromatic nitrogens is 4. The molecule has 0 bridgehead atoms. The highest BCUT2D eigenvalue weighted by molar-refractivity contribution is 5.59. The van der Waals surface area contributed by atoms with E-state index in [0.717, 1.165) is 38.4 Å². The third-order valence-corrected chi connectivity index (χ3v) is 5.00. The highest BCUT2D eigenvalue weighted by Crippen LogP contribution is 2.26. The molecule has 0 radical (unpaired) electrons. The summed E-state index contributed by atoms with van der Waals surface area (Å²) >= 11 is 0. The number of aliphatic hydroxyl groups is 1. The van der Waals surface area contributed by atoms with E-state index >= 15 is 0 Å². The van der Waals surface area contributed by atoms with Gasteiger partial charge in [0, 0.05) is 38.3 Å². The van der Waals surface area contributed by atoms with Crippen LogP contribution >= 0.6 is 0 Å². The Morgan fingerprint density at radius 2 is 2.16 bits per heavy atom. The summed E-state index contributed by atoms with van der Waals surface area (Å²) in [5.74, 6) is 2.17. The minimum atomic E-state index is -0.224. The summed E-state index contributed by atoms with van der Waals surface area (Å²) in [5, 5.41) is 14.2. The van der Waals surface area contributed by atoms with Gasteiger partial charge in [-0.25, -0.2) is 4.98 Å². The number of aliphatic hydroxyl groups excluding tert-OH is 1. The standard InChI is InChI=1S/C16H19N7O2/c17-16-19-13(22-4-3-21-9-11(24)6-10(21)8-22)7-14-18-15(20-23(14)16)12-2-1-5-25-12/h1-2,5,7,10-11,24H,3-4,6,8-9H2,(H2,17,19)/t10-,11+/m0/s1. The van der Waals surface area contributed by atoms with Crippen LogP contribution < -0.4 is 10.6 Å². The van der Waals surface area contributed by atoms with Crippen molar-refractivity contribution in [3.05, 3.63) is 24.5 Å². The Labute approximate surface area is 143 Å². The highest BCUT2D eigenvalue weighted by atomic mass is 16.3. The first kappa shape index (κ1) is 14.7. The molecule has 9 heteroatoms. The van der Waals surface area contributed by atoms with Crippen molar-refractivity contribution in [1.29, 1.82) is 0 Å². The van der Waals surface area contributed by atoms with Crippen LogP contribution in [0.15, 0.2) is 28.9 Å². The molecule has 0 amide bonds. The van der Waals surface area contributed by atoms with Crippen molar-refractivity contribution in [3.63, 3.8) is 0 Å². The summed E-state index contributed by atoms with van der Waals surface area (Å²) in [6.07, 6.45) is 2.17. The third-order valence-electron chi connectivity index (χ3n) is 5.00. The molecule has 0 aromatic carbocycles. The van der Waals surface area contributed by atoms with Gasteiger partial charge in [-0.15, -0.1) is 5.10 Å². The molecule has 25 heavy (non-hydrogen) atoms. The number of rotatable bonds is 2. The summed E-state index contributed by atoms with van der Waals surface area (Å²) in [6.45, 7) is 3.37. The second kappa shape index (κ2) is 5.43. The van der Waals surface area contributed by atoms with E-state index in [2.05, 4.69) is 24.9 Å². The zero-order valence-electron chi connectivity index (χ0n) is 13.6. The molecule has 130 valence electrons. The van der Waals surface area contributed by atoms with Crippen LogP contribution in [0.1, 0.15) is 6.42 Å². The minimum Gasteiger partial charge on any atom is -0.461 e. The molecule has 2 saturated heterocycles. The van der Waals surface area contributed by atoms with Gasteiger partial charge in [-0.3, -0.25) is 4.90 Å². The third kappa shape index (κ3) is 2.43. The fourth-order valence-electron chi connectivity index (χ4n) is 3.80. The van der Waals surface area contributed by atoms with Crippen molar-refractivity contribution in [3.8, 4) is 11.6 Å². The molecule has 5 heterocycles. The van der Waals surface area contributed by atoms with Crippen molar-refractivity contribution in [2.24, 2.45) is 0 Å². The molecule has 3 aromatic heterocycles. The fraction of sp³-hybridized carbons (Fsp3) is 0.438. The topological polar surface area (TPSA) is 109 Å². The Morgan fingerprint density at radius 1 is 1.24 bits per heavy atom. The smallest absolute Gasteiger partial charge is 0.225 e. The second-order valence-electron chi connectivity index (χ2n) is 6.64. The first-order valence-corrected chi connectivity index (χ1v) is 8.41. The maximum atomic E-state index is 9.87. The average Bonchev–Trinajstić information content (AvgIpc) is 3.31. The van der Waals surface area contributed by atoms with Gasteiger partial charge in [0.25, 0.3) is 0 Å². The van der Waals surface area contributed by atoms with Gasteiger partial charge < -0.3 is 20.2 Å². The number of nitrogens with two attached hydrogens (primary N) is 1. The van der Waals surface area contributed by atoms with E-state index in [4.69, 9.17) is 10.2 Å². The van der Waals surface area contributed by atoms with E-state index < -0.39 is 0 Å². The molecule has 3 N–H and O–H groups in total. The predicted molar refractivity (Wildman–Crippen MR) is 91.1 cm³/mol. The van der Waals surface area contributed by atoms with Crippen molar-refractivity contribution < 1.29 is 9.52 Å². The zero-order chi connectivity index (χ0) is 17.0. The van der Waals surface area contributed by atoms with E-state index in [1.54, 1.807) is 12.3 Å². The molecule has 0 aliphatic carbocycles. The van der Waals surface area contributed by atoms with E-state index in [9.17, 15) is 5.11 Å². The zero-order valence-corrected chi connectivity index (χ0v) is 13.6. The molecular formula is C16H19N7O2. The molecular weight excluding hydrogens is 322 g/mol. The summed E-state index contributed by atoms with van der Waals surface area (Å²) in [5.41, 5.74) is 6.74. The van der Waals surface area contributed by atoms with Gasteiger partial charge in [0.1, 0.15) is 5.82 Å². The van der Waals surface area contributed by atoms with Crippen LogP contribution in [0.3, 0.4) is 0 Å². The van der Waals surface area contributed by atoms with Crippen LogP contribution in [-0.4, -0.2) is 67.9 Å². The number of piperazine rings is 1. The molecule has 0 saturated carbocycles. The first-order valence-electron chi connectivity index (χ1n) is 8.41.